The highest BCUT2D eigenvalue weighted by molar-refractivity contribution is 6.09. The number of hydrogen-bond acceptors (Lipinski definition) is 5. The van der Waals surface area contributed by atoms with Gasteiger partial charge in [0.1, 0.15) is 0 Å². The fraction of sp³-hybridized carbons (Fsp3) is 0.118. The molecule has 0 unspecified atom stereocenters. The van der Waals surface area contributed by atoms with Crippen LogP contribution in [-0.2, 0) is 14.3 Å². The number of benzene rings is 2. The number of methoxy groups -OCH3 is 1. The zero-order valence-corrected chi connectivity index (χ0v) is 11.9. The lowest BCUT2D eigenvalue weighted by Gasteiger charge is -2.05. The Balaban J connectivity index is 2.05. The van der Waals surface area contributed by atoms with Crippen LogP contribution in [0, 0.1) is 0 Å². The summed E-state index contributed by atoms with van der Waals surface area (Å²) in [6.45, 7) is -0.444. The average molecular weight is 298 g/mol. The lowest BCUT2D eigenvalue weighted by Crippen LogP contribution is -2.15. The smallest absolute Gasteiger partial charge is 0.344 e. The number of rotatable bonds is 5. The van der Waals surface area contributed by atoms with Crippen molar-refractivity contribution in [3.05, 3.63) is 71.3 Å². The molecule has 0 N–H and O–H groups in total. The van der Waals surface area contributed by atoms with E-state index in [2.05, 4.69) is 4.74 Å². The lowest BCUT2D eigenvalue weighted by atomic mass is 10.0. The molecule has 0 aliphatic rings. The standard InChI is InChI=1S/C17H14O5/c1-21-15(18)11-22-17(20)14-9-7-13(8-10-14)16(19)12-5-3-2-4-6-12/h2-10H,11H2,1H3. The number of ketones is 1. The maximum atomic E-state index is 12.2. The van der Waals surface area contributed by atoms with E-state index in [1.165, 1.54) is 19.2 Å². The van der Waals surface area contributed by atoms with Crippen LogP contribution in [0.15, 0.2) is 54.6 Å². The first-order chi connectivity index (χ1) is 10.6. The minimum Gasteiger partial charge on any atom is -0.466 e. The second-order valence-corrected chi connectivity index (χ2v) is 4.42. The molecule has 5 nitrogen and oxygen atoms in total. The van der Waals surface area contributed by atoms with Crippen LogP contribution in [0.3, 0.4) is 0 Å². The van der Waals surface area contributed by atoms with Crippen molar-refractivity contribution in [3.8, 4) is 0 Å². The summed E-state index contributed by atoms with van der Waals surface area (Å²) in [5.74, 6) is -1.41. The summed E-state index contributed by atoms with van der Waals surface area (Å²) in [5, 5.41) is 0. The van der Waals surface area contributed by atoms with Gasteiger partial charge in [0.15, 0.2) is 12.4 Å². The zero-order chi connectivity index (χ0) is 15.9. The van der Waals surface area contributed by atoms with E-state index in [0.29, 0.717) is 11.1 Å². The van der Waals surface area contributed by atoms with Gasteiger partial charge in [0.2, 0.25) is 0 Å². The summed E-state index contributed by atoms with van der Waals surface area (Å²) in [4.78, 5) is 34.8. The summed E-state index contributed by atoms with van der Waals surface area (Å²) >= 11 is 0. The minimum absolute atomic E-state index is 0.130. The fourth-order valence-electron chi connectivity index (χ4n) is 1.78. The van der Waals surface area contributed by atoms with Crippen molar-refractivity contribution in [2.24, 2.45) is 0 Å². The van der Waals surface area contributed by atoms with Gasteiger partial charge >= 0.3 is 11.9 Å². The molecule has 0 aliphatic heterocycles. The molecular formula is C17H14O5. The van der Waals surface area contributed by atoms with E-state index in [0.717, 1.165) is 0 Å². The van der Waals surface area contributed by atoms with Crippen LogP contribution in [0.2, 0.25) is 0 Å². The summed E-state index contributed by atoms with van der Waals surface area (Å²) in [5.41, 5.74) is 1.30. The summed E-state index contributed by atoms with van der Waals surface area (Å²) < 4.78 is 9.14. The molecule has 0 bridgehead atoms. The van der Waals surface area contributed by atoms with E-state index in [-0.39, 0.29) is 11.3 Å². The molecule has 22 heavy (non-hydrogen) atoms. The summed E-state index contributed by atoms with van der Waals surface area (Å²) in [6.07, 6.45) is 0. The molecule has 0 aliphatic carbocycles. The van der Waals surface area contributed by atoms with Crippen LogP contribution in [0.1, 0.15) is 26.3 Å². The van der Waals surface area contributed by atoms with Crippen molar-refractivity contribution >= 4 is 17.7 Å². The molecule has 5 heteroatoms. The molecular weight excluding hydrogens is 284 g/mol. The number of esters is 2. The number of hydrogen-bond donors (Lipinski definition) is 0. The van der Waals surface area contributed by atoms with Crippen LogP contribution in [0.4, 0.5) is 0 Å². The van der Waals surface area contributed by atoms with Crippen molar-refractivity contribution < 1.29 is 23.9 Å². The van der Waals surface area contributed by atoms with Gasteiger partial charge in [0, 0.05) is 11.1 Å². The molecule has 0 amide bonds. The van der Waals surface area contributed by atoms with Gasteiger partial charge in [-0.25, -0.2) is 9.59 Å². The third-order valence-corrected chi connectivity index (χ3v) is 2.97. The molecule has 2 aromatic rings. The number of ether oxygens (including phenoxy) is 2. The zero-order valence-electron chi connectivity index (χ0n) is 11.9. The van der Waals surface area contributed by atoms with Gasteiger partial charge in [-0.1, -0.05) is 42.5 Å². The maximum Gasteiger partial charge on any atom is 0.344 e. The summed E-state index contributed by atoms with van der Waals surface area (Å²) in [6, 6.07) is 14.9. The molecule has 112 valence electrons. The van der Waals surface area contributed by atoms with Crippen molar-refractivity contribution in [1.82, 2.24) is 0 Å². The monoisotopic (exact) mass is 298 g/mol. The average Bonchev–Trinajstić information content (AvgIpc) is 2.59. The molecule has 0 heterocycles. The molecule has 0 atom stereocenters. The third-order valence-electron chi connectivity index (χ3n) is 2.97. The van der Waals surface area contributed by atoms with E-state index in [9.17, 15) is 14.4 Å². The van der Waals surface area contributed by atoms with Gasteiger partial charge in [0.05, 0.1) is 12.7 Å². The highest BCUT2D eigenvalue weighted by Crippen LogP contribution is 2.11. The Morgan fingerprint density at radius 2 is 1.36 bits per heavy atom. The SMILES string of the molecule is COC(=O)COC(=O)c1ccc(C(=O)c2ccccc2)cc1. The fourth-order valence-corrected chi connectivity index (χ4v) is 1.78. The van der Waals surface area contributed by atoms with Gasteiger partial charge in [-0.2, -0.15) is 0 Å². The quantitative estimate of drug-likeness (QED) is 0.625. The number of carbonyl (C=O) groups is 3. The van der Waals surface area contributed by atoms with E-state index in [1.54, 1.807) is 36.4 Å². The van der Waals surface area contributed by atoms with Gasteiger partial charge in [-0.05, 0) is 12.1 Å². The van der Waals surface area contributed by atoms with Gasteiger partial charge in [0.25, 0.3) is 0 Å². The van der Waals surface area contributed by atoms with Gasteiger partial charge < -0.3 is 9.47 Å². The Morgan fingerprint density at radius 1 is 0.818 bits per heavy atom. The second kappa shape index (κ2) is 7.17. The first kappa shape index (κ1) is 15.4. The van der Waals surface area contributed by atoms with E-state index >= 15 is 0 Å². The van der Waals surface area contributed by atoms with Crippen LogP contribution in [0.25, 0.3) is 0 Å². The highest BCUT2D eigenvalue weighted by atomic mass is 16.6. The first-order valence-corrected chi connectivity index (χ1v) is 6.55. The van der Waals surface area contributed by atoms with Crippen molar-refractivity contribution in [2.45, 2.75) is 0 Å². The van der Waals surface area contributed by atoms with Crippen LogP contribution in [-0.4, -0.2) is 31.4 Å². The second-order valence-electron chi connectivity index (χ2n) is 4.42. The number of carbonyl (C=O) groups excluding carboxylic acids is 3. The Bertz CT molecular complexity index is 674. The Morgan fingerprint density at radius 3 is 1.95 bits per heavy atom. The molecule has 2 aromatic carbocycles. The van der Waals surface area contributed by atoms with E-state index in [4.69, 9.17) is 4.74 Å². The molecule has 2 rings (SSSR count). The van der Waals surface area contributed by atoms with Gasteiger partial charge in [-0.3, -0.25) is 4.79 Å². The van der Waals surface area contributed by atoms with E-state index < -0.39 is 18.5 Å². The van der Waals surface area contributed by atoms with Crippen molar-refractivity contribution in [2.75, 3.05) is 13.7 Å². The van der Waals surface area contributed by atoms with Gasteiger partial charge in [-0.15, -0.1) is 0 Å². The van der Waals surface area contributed by atoms with Crippen LogP contribution >= 0.6 is 0 Å². The molecule has 0 aromatic heterocycles. The van der Waals surface area contributed by atoms with E-state index in [1.807, 2.05) is 6.07 Å². The van der Waals surface area contributed by atoms with Crippen LogP contribution in [0.5, 0.6) is 0 Å². The largest absolute Gasteiger partial charge is 0.466 e. The minimum atomic E-state index is -0.649. The molecule has 0 spiro atoms. The topological polar surface area (TPSA) is 69.7 Å². The molecule has 0 saturated heterocycles. The Kier molecular flexibility index (Phi) is 5.03. The Hall–Kier alpha value is -2.95. The predicted octanol–water partition coefficient (Wildman–Crippen LogP) is 2.25. The molecule has 0 saturated carbocycles. The Labute approximate surface area is 127 Å². The highest BCUT2D eigenvalue weighted by Gasteiger charge is 2.12. The van der Waals surface area contributed by atoms with Crippen LogP contribution < -0.4 is 0 Å². The third kappa shape index (κ3) is 3.79. The predicted molar refractivity (Wildman–Crippen MR) is 78.6 cm³/mol. The molecule has 0 radical (unpaired) electrons. The summed E-state index contributed by atoms with van der Waals surface area (Å²) in [7, 11) is 1.21. The first-order valence-electron chi connectivity index (χ1n) is 6.55. The normalized spacial score (nSPS) is 9.86. The van der Waals surface area contributed by atoms with Crippen molar-refractivity contribution in [1.29, 1.82) is 0 Å². The van der Waals surface area contributed by atoms with Crippen molar-refractivity contribution in [3.63, 3.8) is 0 Å². The lowest BCUT2D eigenvalue weighted by molar-refractivity contribution is -0.144. The maximum absolute atomic E-state index is 12.2. The molecule has 0 fully saturated rings.